The van der Waals surface area contributed by atoms with Crippen LogP contribution in [0.2, 0.25) is 0 Å². The van der Waals surface area contributed by atoms with Crippen molar-refractivity contribution in [1.29, 1.82) is 0 Å². The molecule has 20 heavy (non-hydrogen) atoms. The van der Waals surface area contributed by atoms with Gasteiger partial charge in [0.05, 0.1) is 0 Å². The molecule has 1 aliphatic heterocycles. The van der Waals surface area contributed by atoms with Crippen LogP contribution < -0.4 is 5.73 Å². The molecular weight excluding hydrogens is 264 g/mol. The van der Waals surface area contributed by atoms with Crippen molar-refractivity contribution < 1.29 is 0 Å². The molecule has 3 unspecified atom stereocenters. The van der Waals surface area contributed by atoms with Gasteiger partial charge in [0.1, 0.15) is 0 Å². The van der Waals surface area contributed by atoms with Crippen molar-refractivity contribution in [3.63, 3.8) is 0 Å². The van der Waals surface area contributed by atoms with E-state index in [2.05, 4.69) is 36.1 Å². The van der Waals surface area contributed by atoms with E-state index in [1.165, 1.54) is 36.5 Å². The Balaban J connectivity index is 1.70. The van der Waals surface area contributed by atoms with E-state index in [-0.39, 0.29) is 0 Å². The molecule has 0 saturated heterocycles. The van der Waals surface area contributed by atoms with Crippen LogP contribution in [0.5, 0.6) is 0 Å². The van der Waals surface area contributed by atoms with Crippen LogP contribution in [-0.2, 0) is 0 Å². The van der Waals surface area contributed by atoms with Crippen molar-refractivity contribution in [3.05, 3.63) is 29.8 Å². The van der Waals surface area contributed by atoms with E-state index in [0.717, 1.165) is 25.0 Å². The van der Waals surface area contributed by atoms with Crippen LogP contribution in [0, 0.1) is 5.92 Å². The maximum atomic E-state index is 5.97. The highest BCUT2D eigenvalue weighted by Crippen LogP contribution is 2.40. The minimum absolute atomic E-state index is 0.704. The summed E-state index contributed by atoms with van der Waals surface area (Å²) >= 11 is 2.03. The Morgan fingerprint density at radius 1 is 1.30 bits per heavy atom. The van der Waals surface area contributed by atoms with Crippen LogP contribution in [0.1, 0.15) is 37.7 Å². The molecule has 0 bridgehead atoms. The molecule has 0 spiro atoms. The third-order valence-corrected chi connectivity index (χ3v) is 6.30. The van der Waals surface area contributed by atoms with Gasteiger partial charge < -0.3 is 5.73 Å². The molecule has 1 aromatic carbocycles. The third-order valence-electron chi connectivity index (χ3n) is 5.05. The summed E-state index contributed by atoms with van der Waals surface area (Å²) in [5.74, 6) is 2.67. The number of hydrogen-bond donors (Lipinski definition) is 1. The Bertz CT molecular complexity index is 448. The summed E-state index contributed by atoms with van der Waals surface area (Å²) in [6.45, 7) is 5.53. The molecule has 0 amide bonds. The van der Waals surface area contributed by atoms with E-state index in [4.69, 9.17) is 5.73 Å². The summed E-state index contributed by atoms with van der Waals surface area (Å²) in [6, 6.07) is 9.67. The normalized spacial score (nSPS) is 29.1. The predicted octanol–water partition coefficient (Wildman–Crippen LogP) is 3.33. The predicted molar refractivity (Wildman–Crippen MR) is 87.3 cm³/mol. The first kappa shape index (κ1) is 14.4. The fourth-order valence-corrected chi connectivity index (χ4v) is 5.18. The molecule has 0 radical (unpaired) electrons. The lowest BCUT2D eigenvalue weighted by atomic mass is 9.97. The fraction of sp³-hybridized carbons (Fsp3) is 0.647. The second-order valence-electron chi connectivity index (χ2n) is 6.13. The molecule has 1 aliphatic carbocycles. The van der Waals surface area contributed by atoms with Crippen molar-refractivity contribution >= 4 is 11.8 Å². The number of thioether (sulfide) groups is 1. The highest BCUT2D eigenvalue weighted by molar-refractivity contribution is 7.99. The van der Waals surface area contributed by atoms with Crippen LogP contribution in [0.25, 0.3) is 0 Å². The highest BCUT2D eigenvalue weighted by Gasteiger charge is 2.33. The monoisotopic (exact) mass is 290 g/mol. The van der Waals surface area contributed by atoms with Gasteiger partial charge in [-0.1, -0.05) is 31.5 Å². The first-order valence-corrected chi connectivity index (χ1v) is 8.98. The van der Waals surface area contributed by atoms with Gasteiger partial charge >= 0.3 is 0 Å². The number of rotatable bonds is 5. The molecule has 2 aliphatic rings. The van der Waals surface area contributed by atoms with Gasteiger partial charge in [-0.2, -0.15) is 0 Å². The molecule has 1 saturated carbocycles. The molecule has 1 heterocycles. The molecule has 2 nitrogen and oxygen atoms in total. The topological polar surface area (TPSA) is 29.3 Å². The Morgan fingerprint density at radius 3 is 2.95 bits per heavy atom. The fourth-order valence-electron chi connectivity index (χ4n) is 3.94. The maximum absolute atomic E-state index is 5.97. The van der Waals surface area contributed by atoms with Crippen LogP contribution in [0.15, 0.2) is 29.2 Å². The summed E-state index contributed by atoms with van der Waals surface area (Å²) in [7, 11) is 0. The van der Waals surface area contributed by atoms with Crippen molar-refractivity contribution in [2.45, 2.75) is 43.0 Å². The van der Waals surface area contributed by atoms with Crippen LogP contribution in [0.4, 0.5) is 0 Å². The van der Waals surface area contributed by atoms with E-state index in [0.29, 0.717) is 5.92 Å². The molecule has 3 rings (SSSR count). The molecule has 1 aromatic rings. The quantitative estimate of drug-likeness (QED) is 0.902. The van der Waals surface area contributed by atoms with Gasteiger partial charge in [-0.25, -0.2) is 0 Å². The second-order valence-corrected chi connectivity index (χ2v) is 7.19. The number of benzene rings is 1. The molecule has 2 N–H and O–H groups in total. The third kappa shape index (κ3) is 2.76. The van der Waals surface area contributed by atoms with Gasteiger partial charge in [-0.05, 0) is 43.5 Å². The van der Waals surface area contributed by atoms with Gasteiger partial charge in [0.25, 0.3) is 0 Å². The molecule has 1 fully saturated rings. The molecule has 3 atom stereocenters. The van der Waals surface area contributed by atoms with Gasteiger partial charge in [0.15, 0.2) is 0 Å². The minimum atomic E-state index is 0.704. The number of nitrogens with two attached hydrogens (primary N) is 1. The van der Waals surface area contributed by atoms with E-state index in [1.54, 1.807) is 5.56 Å². The Labute approximate surface area is 127 Å². The molecule has 3 heteroatoms. The SMILES string of the molecule is CCN(CC1CSc2ccccc21)C1CCCC1CN. The minimum Gasteiger partial charge on any atom is -0.330 e. The number of fused-ring (bicyclic) bond motifs is 1. The van der Waals surface area contributed by atoms with Gasteiger partial charge in [0, 0.05) is 29.2 Å². The van der Waals surface area contributed by atoms with Crippen LogP contribution >= 0.6 is 11.8 Å². The lowest BCUT2D eigenvalue weighted by Crippen LogP contribution is -2.42. The largest absolute Gasteiger partial charge is 0.330 e. The zero-order valence-electron chi connectivity index (χ0n) is 12.4. The smallest absolute Gasteiger partial charge is 0.0136 e. The Kier molecular flexibility index (Phi) is 4.69. The first-order chi connectivity index (χ1) is 9.83. The van der Waals surface area contributed by atoms with Gasteiger partial charge in [0.2, 0.25) is 0 Å². The Hall–Kier alpha value is -0.510. The van der Waals surface area contributed by atoms with Gasteiger partial charge in [-0.3, -0.25) is 4.90 Å². The molecule has 0 aromatic heterocycles. The van der Waals surface area contributed by atoms with Crippen molar-refractivity contribution in [2.75, 3.05) is 25.4 Å². The maximum Gasteiger partial charge on any atom is 0.0136 e. The average Bonchev–Trinajstić information content (AvgIpc) is 3.11. The van der Waals surface area contributed by atoms with E-state index in [1.807, 2.05) is 11.8 Å². The summed E-state index contributed by atoms with van der Waals surface area (Å²) in [6.07, 6.45) is 4.03. The van der Waals surface area contributed by atoms with Crippen LogP contribution in [0.3, 0.4) is 0 Å². The first-order valence-electron chi connectivity index (χ1n) is 7.99. The van der Waals surface area contributed by atoms with Crippen molar-refractivity contribution in [2.24, 2.45) is 11.7 Å². The van der Waals surface area contributed by atoms with E-state index >= 15 is 0 Å². The number of likely N-dealkylation sites (N-methyl/N-ethyl adjacent to an activating group) is 1. The highest BCUT2D eigenvalue weighted by atomic mass is 32.2. The summed E-state index contributed by atoms with van der Waals surface area (Å²) in [5.41, 5.74) is 7.54. The van der Waals surface area contributed by atoms with E-state index < -0.39 is 0 Å². The van der Waals surface area contributed by atoms with Crippen LogP contribution in [-0.4, -0.2) is 36.3 Å². The standard InChI is InChI=1S/C17H26N2S/c1-2-19(16-8-5-6-13(16)10-18)11-14-12-20-17-9-4-3-7-15(14)17/h3-4,7,9,13-14,16H,2,5-6,8,10-12,18H2,1H3. The second kappa shape index (κ2) is 6.50. The lowest BCUT2D eigenvalue weighted by molar-refractivity contribution is 0.163. The number of nitrogens with zero attached hydrogens (tertiary/aromatic N) is 1. The molecule has 110 valence electrons. The van der Waals surface area contributed by atoms with Gasteiger partial charge in [-0.15, -0.1) is 11.8 Å². The summed E-state index contributed by atoms with van der Waals surface area (Å²) in [4.78, 5) is 4.20. The van der Waals surface area contributed by atoms with Crippen molar-refractivity contribution in [3.8, 4) is 0 Å². The van der Waals surface area contributed by atoms with Crippen molar-refractivity contribution in [1.82, 2.24) is 4.90 Å². The van der Waals surface area contributed by atoms with E-state index in [9.17, 15) is 0 Å². The summed E-state index contributed by atoms with van der Waals surface area (Å²) in [5, 5.41) is 0. The molecular formula is C17H26N2S. The Morgan fingerprint density at radius 2 is 2.15 bits per heavy atom. The average molecular weight is 290 g/mol. The number of hydrogen-bond acceptors (Lipinski definition) is 3. The summed E-state index contributed by atoms with van der Waals surface area (Å²) < 4.78 is 0. The zero-order valence-corrected chi connectivity index (χ0v) is 13.2. The lowest BCUT2D eigenvalue weighted by Gasteiger charge is -2.33. The zero-order chi connectivity index (χ0) is 13.9.